The molecule has 5 heteroatoms. The fraction of sp³-hybridized carbons (Fsp3) is 0.450. The Morgan fingerprint density at radius 1 is 1.28 bits per heavy atom. The van der Waals surface area contributed by atoms with Crippen molar-refractivity contribution < 1.29 is 13.2 Å². The van der Waals surface area contributed by atoms with Crippen molar-refractivity contribution in [1.82, 2.24) is 4.31 Å². The Hall–Kier alpha value is -1.88. The van der Waals surface area contributed by atoms with Gasteiger partial charge in [0.1, 0.15) is 0 Å². The maximum atomic E-state index is 13.0. The van der Waals surface area contributed by atoms with Crippen LogP contribution in [0.1, 0.15) is 44.6 Å². The average Bonchev–Trinajstić information content (AvgIpc) is 2.73. The number of benzene rings is 1. The number of allylic oxidation sites excluding steroid dienone is 2. The van der Waals surface area contributed by atoms with Crippen molar-refractivity contribution in [2.24, 2.45) is 5.92 Å². The van der Waals surface area contributed by atoms with E-state index in [1.165, 1.54) is 0 Å². The summed E-state index contributed by atoms with van der Waals surface area (Å²) >= 11 is 0. The van der Waals surface area contributed by atoms with E-state index in [0.29, 0.717) is 18.4 Å². The summed E-state index contributed by atoms with van der Waals surface area (Å²) in [7, 11) is -3.83. The first kappa shape index (κ1) is 19.4. The zero-order chi connectivity index (χ0) is 18.4. The van der Waals surface area contributed by atoms with E-state index in [2.05, 4.69) is 13.5 Å². The normalized spacial score (nSPS) is 18.6. The minimum absolute atomic E-state index is 0.159. The first-order valence-electron chi connectivity index (χ1n) is 8.85. The summed E-state index contributed by atoms with van der Waals surface area (Å²) in [6, 6.07) is 6.64. The molecular weight excluding hydrogens is 334 g/mol. The quantitative estimate of drug-likeness (QED) is 0.683. The van der Waals surface area contributed by atoms with Crippen LogP contribution < -0.4 is 0 Å². The van der Waals surface area contributed by atoms with E-state index in [0.717, 1.165) is 29.1 Å². The Kier molecular flexibility index (Phi) is 6.59. The van der Waals surface area contributed by atoms with Gasteiger partial charge in [0, 0.05) is 12.1 Å². The van der Waals surface area contributed by atoms with Gasteiger partial charge in [0.25, 0.3) is 15.9 Å². The third-order valence-corrected chi connectivity index (χ3v) is 6.32. The van der Waals surface area contributed by atoms with Gasteiger partial charge in [-0.1, -0.05) is 43.2 Å². The molecule has 136 valence electrons. The Bertz CT molecular complexity index is 748. The summed E-state index contributed by atoms with van der Waals surface area (Å²) < 4.78 is 27.1. The van der Waals surface area contributed by atoms with Crippen LogP contribution in [0.3, 0.4) is 0 Å². The highest BCUT2D eigenvalue weighted by Crippen LogP contribution is 2.27. The van der Waals surface area contributed by atoms with Crippen molar-refractivity contribution in [3.05, 3.63) is 54.1 Å². The third-order valence-electron chi connectivity index (χ3n) is 4.52. The van der Waals surface area contributed by atoms with E-state index in [1.54, 1.807) is 24.3 Å². The first-order valence-corrected chi connectivity index (χ1v) is 10.3. The highest BCUT2D eigenvalue weighted by molar-refractivity contribution is 7.89. The fourth-order valence-corrected chi connectivity index (χ4v) is 4.42. The van der Waals surface area contributed by atoms with Crippen LogP contribution in [0.2, 0.25) is 0 Å². The molecule has 1 aliphatic heterocycles. The minimum atomic E-state index is -3.83. The van der Waals surface area contributed by atoms with Gasteiger partial charge in [-0.05, 0) is 50.7 Å². The summed E-state index contributed by atoms with van der Waals surface area (Å²) in [4.78, 5) is 13.1. The lowest BCUT2D eigenvalue weighted by atomic mass is 9.97. The van der Waals surface area contributed by atoms with E-state index >= 15 is 0 Å². The molecule has 1 aliphatic rings. The molecule has 0 bridgehead atoms. The number of rotatable bonds is 7. The predicted molar refractivity (Wildman–Crippen MR) is 101 cm³/mol. The summed E-state index contributed by atoms with van der Waals surface area (Å²) in [6.07, 6.45) is 7.61. The lowest BCUT2D eigenvalue weighted by Gasteiger charge is -2.22. The maximum Gasteiger partial charge on any atom is 0.266 e. The monoisotopic (exact) mass is 361 g/mol. The largest absolute Gasteiger partial charge is 0.268 e. The van der Waals surface area contributed by atoms with Crippen LogP contribution in [-0.4, -0.2) is 25.2 Å². The molecule has 1 unspecified atom stereocenters. The minimum Gasteiger partial charge on any atom is -0.268 e. The van der Waals surface area contributed by atoms with E-state index in [4.69, 9.17) is 0 Å². The second-order valence-corrected chi connectivity index (χ2v) is 8.43. The second kappa shape index (κ2) is 8.48. The number of carbonyl (C=O) groups is 1. The number of carbonyl (C=O) groups excluding carboxylic acids is 1. The maximum absolute atomic E-state index is 13.0. The van der Waals surface area contributed by atoms with Crippen molar-refractivity contribution in [1.29, 1.82) is 0 Å². The number of unbranched alkanes of at least 4 members (excludes halogenated alkanes) is 1. The van der Waals surface area contributed by atoms with Gasteiger partial charge >= 0.3 is 0 Å². The molecule has 2 rings (SSSR count). The summed E-state index contributed by atoms with van der Waals surface area (Å²) in [6.45, 7) is 7.94. The van der Waals surface area contributed by atoms with Crippen LogP contribution in [-0.2, 0) is 14.8 Å². The van der Waals surface area contributed by atoms with Gasteiger partial charge in [-0.3, -0.25) is 4.79 Å². The first-order chi connectivity index (χ1) is 11.9. The number of nitrogens with zero attached hydrogens (tertiary/aromatic N) is 1. The number of hydrogen-bond donors (Lipinski definition) is 0. The molecule has 1 aromatic rings. The van der Waals surface area contributed by atoms with Crippen LogP contribution in [0, 0.1) is 12.8 Å². The van der Waals surface area contributed by atoms with Crippen molar-refractivity contribution >= 4 is 15.9 Å². The van der Waals surface area contributed by atoms with Crippen LogP contribution >= 0.6 is 0 Å². The molecule has 1 atom stereocenters. The molecule has 0 N–H and O–H groups in total. The predicted octanol–water partition coefficient (Wildman–Crippen LogP) is 4.22. The Morgan fingerprint density at radius 3 is 2.56 bits per heavy atom. The highest BCUT2D eigenvalue weighted by Gasteiger charge is 2.33. The van der Waals surface area contributed by atoms with E-state index in [-0.39, 0.29) is 23.3 Å². The van der Waals surface area contributed by atoms with Crippen molar-refractivity contribution in [3.63, 3.8) is 0 Å². The summed E-state index contributed by atoms with van der Waals surface area (Å²) in [5, 5.41) is 0. The van der Waals surface area contributed by atoms with Gasteiger partial charge in [-0.15, -0.1) is 6.58 Å². The topological polar surface area (TPSA) is 54.5 Å². The van der Waals surface area contributed by atoms with Crippen LogP contribution in [0.25, 0.3) is 0 Å². The summed E-state index contributed by atoms with van der Waals surface area (Å²) in [5.41, 5.74) is 1.60. The Balaban J connectivity index is 2.36. The lowest BCUT2D eigenvalue weighted by molar-refractivity contribution is -0.122. The molecule has 1 heterocycles. The molecule has 0 aliphatic carbocycles. The van der Waals surface area contributed by atoms with Crippen LogP contribution in [0.5, 0.6) is 0 Å². The zero-order valence-electron chi connectivity index (χ0n) is 15.1. The Labute approximate surface area is 151 Å². The van der Waals surface area contributed by atoms with Crippen LogP contribution in [0.4, 0.5) is 0 Å². The lowest BCUT2D eigenvalue weighted by Crippen LogP contribution is -2.37. The molecule has 0 fully saturated rings. The number of hydrogen-bond acceptors (Lipinski definition) is 3. The van der Waals surface area contributed by atoms with Crippen molar-refractivity contribution in [2.75, 3.05) is 6.54 Å². The molecule has 0 saturated heterocycles. The smallest absolute Gasteiger partial charge is 0.266 e. The van der Waals surface area contributed by atoms with Gasteiger partial charge in [0.15, 0.2) is 0 Å². The Morgan fingerprint density at radius 2 is 1.96 bits per heavy atom. The molecule has 1 aromatic carbocycles. The fourth-order valence-electron chi connectivity index (χ4n) is 3.01. The van der Waals surface area contributed by atoms with Gasteiger partial charge in [0.2, 0.25) is 0 Å². The van der Waals surface area contributed by atoms with Gasteiger partial charge < -0.3 is 0 Å². The number of amides is 1. The second-order valence-electron chi connectivity index (χ2n) is 6.56. The molecule has 1 amide bonds. The standard InChI is InChI=1S/C20H27NO3S/c1-4-6-8-18-15-17(7-5-2)13-14-21(20(18)22)25(23,24)19-11-9-16(3)10-12-19/h5,9-12,15,17H,2,4,6-8,13-14H2,1,3H3. The van der Waals surface area contributed by atoms with Gasteiger partial charge in [-0.25, -0.2) is 12.7 Å². The van der Waals surface area contributed by atoms with E-state index in [1.807, 2.05) is 19.1 Å². The van der Waals surface area contributed by atoms with E-state index in [9.17, 15) is 13.2 Å². The molecule has 0 spiro atoms. The molecule has 4 nitrogen and oxygen atoms in total. The van der Waals surface area contributed by atoms with E-state index < -0.39 is 10.0 Å². The molecule has 0 saturated carbocycles. The number of aryl methyl sites for hydroxylation is 1. The molecular formula is C20H27NO3S. The molecule has 0 aromatic heterocycles. The SMILES string of the molecule is C=CCC1C=C(CCCC)C(=O)N(S(=O)(=O)c2ccc(C)cc2)CC1. The number of sulfonamides is 1. The van der Waals surface area contributed by atoms with Gasteiger partial charge in [-0.2, -0.15) is 0 Å². The van der Waals surface area contributed by atoms with Gasteiger partial charge in [0.05, 0.1) is 4.90 Å². The highest BCUT2D eigenvalue weighted by atomic mass is 32.2. The van der Waals surface area contributed by atoms with Crippen molar-refractivity contribution in [3.8, 4) is 0 Å². The summed E-state index contributed by atoms with van der Waals surface area (Å²) in [5.74, 6) is -0.216. The van der Waals surface area contributed by atoms with Crippen LogP contribution in [0.15, 0.2) is 53.5 Å². The zero-order valence-corrected chi connectivity index (χ0v) is 15.9. The molecule has 25 heavy (non-hydrogen) atoms. The molecule has 0 radical (unpaired) electrons. The van der Waals surface area contributed by atoms with Crippen molar-refractivity contribution in [2.45, 2.75) is 50.8 Å². The third kappa shape index (κ3) is 4.60. The average molecular weight is 362 g/mol.